The lowest BCUT2D eigenvalue weighted by Crippen LogP contribution is -2.49. The van der Waals surface area contributed by atoms with Crippen LogP contribution in [0, 0.1) is 0 Å². The van der Waals surface area contributed by atoms with E-state index in [0.29, 0.717) is 0 Å². The quantitative estimate of drug-likeness (QED) is 0.258. The molecule has 0 aromatic carbocycles. The van der Waals surface area contributed by atoms with Crippen LogP contribution in [0.2, 0.25) is 0 Å². The SMILES string of the molecule is NC[C@@H](O)[C@H](O)[C@H](O)[C@@H](O)CN. The highest BCUT2D eigenvalue weighted by Gasteiger charge is 2.28. The summed E-state index contributed by atoms with van der Waals surface area (Å²) < 4.78 is 0. The molecule has 6 heteroatoms. The van der Waals surface area contributed by atoms with Gasteiger partial charge in [-0.15, -0.1) is 0 Å². The van der Waals surface area contributed by atoms with Gasteiger partial charge in [-0.2, -0.15) is 0 Å². The molecule has 0 unspecified atom stereocenters. The van der Waals surface area contributed by atoms with Gasteiger partial charge in [0.2, 0.25) is 0 Å². The minimum atomic E-state index is -1.46. The summed E-state index contributed by atoms with van der Waals surface area (Å²) in [5, 5.41) is 36.1. The summed E-state index contributed by atoms with van der Waals surface area (Å²) >= 11 is 0. The second-order valence-electron chi connectivity index (χ2n) is 2.59. The molecule has 74 valence electrons. The largest absolute Gasteiger partial charge is 0.389 e. The predicted molar refractivity (Wildman–Crippen MR) is 42.1 cm³/mol. The summed E-state index contributed by atoms with van der Waals surface area (Å²) in [6.45, 7) is -0.370. The molecule has 0 heterocycles. The van der Waals surface area contributed by atoms with Crippen molar-refractivity contribution < 1.29 is 20.4 Å². The molecule has 0 radical (unpaired) electrons. The number of rotatable bonds is 5. The summed E-state index contributed by atoms with van der Waals surface area (Å²) in [6, 6.07) is 0. The Kier molecular flexibility index (Phi) is 5.31. The van der Waals surface area contributed by atoms with E-state index < -0.39 is 24.4 Å². The van der Waals surface area contributed by atoms with E-state index in [9.17, 15) is 0 Å². The third kappa shape index (κ3) is 3.02. The lowest BCUT2D eigenvalue weighted by atomic mass is 10.0. The number of hydrogen-bond donors (Lipinski definition) is 6. The molecule has 0 aliphatic carbocycles. The van der Waals surface area contributed by atoms with Gasteiger partial charge in [-0.05, 0) is 0 Å². The van der Waals surface area contributed by atoms with E-state index in [1.165, 1.54) is 0 Å². The first-order chi connectivity index (χ1) is 5.54. The molecule has 0 aliphatic heterocycles. The van der Waals surface area contributed by atoms with Gasteiger partial charge in [-0.1, -0.05) is 0 Å². The minimum absolute atomic E-state index is 0.185. The lowest BCUT2D eigenvalue weighted by Gasteiger charge is -2.24. The van der Waals surface area contributed by atoms with Crippen LogP contribution in [-0.2, 0) is 0 Å². The second-order valence-corrected chi connectivity index (χ2v) is 2.59. The van der Waals surface area contributed by atoms with Crippen molar-refractivity contribution in [1.82, 2.24) is 0 Å². The maximum atomic E-state index is 9.09. The predicted octanol–water partition coefficient (Wildman–Crippen LogP) is -3.65. The summed E-state index contributed by atoms with van der Waals surface area (Å²) in [4.78, 5) is 0. The average Bonchev–Trinajstić information content (AvgIpc) is 2.12. The van der Waals surface area contributed by atoms with Crippen molar-refractivity contribution in [3.8, 4) is 0 Å². The zero-order chi connectivity index (χ0) is 9.72. The second kappa shape index (κ2) is 5.41. The molecule has 0 aromatic heterocycles. The first kappa shape index (κ1) is 11.8. The van der Waals surface area contributed by atoms with Crippen LogP contribution in [0.1, 0.15) is 0 Å². The van der Waals surface area contributed by atoms with Gasteiger partial charge in [0.15, 0.2) is 0 Å². The molecule has 0 amide bonds. The summed E-state index contributed by atoms with van der Waals surface area (Å²) in [5.74, 6) is 0. The minimum Gasteiger partial charge on any atom is -0.389 e. The van der Waals surface area contributed by atoms with E-state index in [0.717, 1.165) is 0 Å². The van der Waals surface area contributed by atoms with Gasteiger partial charge in [0.05, 0.1) is 12.2 Å². The van der Waals surface area contributed by atoms with Crippen LogP contribution in [0.25, 0.3) is 0 Å². The Morgan fingerprint density at radius 3 is 1.17 bits per heavy atom. The van der Waals surface area contributed by atoms with Crippen molar-refractivity contribution >= 4 is 0 Å². The maximum Gasteiger partial charge on any atom is 0.110 e. The van der Waals surface area contributed by atoms with Crippen LogP contribution in [0.5, 0.6) is 0 Å². The standard InChI is InChI=1S/C6H16N2O4/c7-1-3(9)5(11)6(12)4(10)2-8/h3-6,9-12H,1-2,7-8H2/t3-,4+,5+,6-. The molecular weight excluding hydrogens is 164 g/mol. The van der Waals surface area contributed by atoms with Gasteiger partial charge in [0.1, 0.15) is 12.2 Å². The fraction of sp³-hybridized carbons (Fsp3) is 1.00. The lowest BCUT2D eigenvalue weighted by molar-refractivity contribution is -0.0990. The summed E-state index contributed by atoms with van der Waals surface area (Å²) in [7, 11) is 0. The van der Waals surface area contributed by atoms with E-state index in [1.54, 1.807) is 0 Å². The molecular formula is C6H16N2O4. The molecule has 0 rings (SSSR count). The van der Waals surface area contributed by atoms with Gasteiger partial charge in [-0.25, -0.2) is 0 Å². The first-order valence-electron chi connectivity index (χ1n) is 3.67. The molecule has 0 saturated carbocycles. The highest BCUT2D eigenvalue weighted by Crippen LogP contribution is 2.03. The summed E-state index contributed by atoms with van der Waals surface area (Å²) in [5.41, 5.74) is 10.0. The molecule has 6 nitrogen and oxygen atoms in total. The monoisotopic (exact) mass is 180 g/mol. The number of aliphatic hydroxyl groups is 4. The molecule has 0 bridgehead atoms. The normalized spacial score (nSPS) is 21.5. The molecule has 0 spiro atoms. The topological polar surface area (TPSA) is 133 Å². The van der Waals surface area contributed by atoms with Crippen molar-refractivity contribution in [2.75, 3.05) is 13.1 Å². The van der Waals surface area contributed by atoms with Gasteiger partial charge in [0.25, 0.3) is 0 Å². The van der Waals surface area contributed by atoms with E-state index >= 15 is 0 Å². The Hall–Kier alpha value is -0.240. The highest BCUT2D eigenvalue weighted by molar-refractivity contribution is 4.81. The van der Waals surface area contributed by atoms with Gasteiger partial charge < -0.3 is 31.9 Å². The van der Waals surface area contributed by atoms with Crippen molar-refractivity contribution in [2.24, 2.45) is 11.5 Å². The third-order valence-corrected chi connectivity index (χ3v) is 1.62. The van der Waals surface area contributed by atoms with E-state index in [4.69, 9.17) is 31.9 Å². The van der Waals surface area contributed by atoms with Crippen LogP contribution in [0.4, 0.5) is 0 Å². The Balaban J connectivity index is 3.99. The maximum absolute atomic E-state index is 9.09. The van der Waals surface area contributed by atoms with E-state index in [1.807, 2.05) is 0 Å². The van der Waals surface area contributed by atoms with Crippen LogP contribution in [-0.4, -0.2) is 57.9 Å². The van der Waals surface area contributed by atoms with Gasteiger partial charge >= 0.3 is 0 Å². The number of hydrogen-bond acceptors (Lipinski definition) is 6. The van der Waals surface area contributed by atoms with Crippen LogP contribution in [0.3, 0.4) is 0 Å². The zero-order valence-corrected chi connectivity index (χ0v) is 6.67. The third-order valence-electron chi connectivity index (χ3n) is 1.62. The van der Waals surface area contributed by atoms with Gasteiger partial charge in [0, 0.05) is 13.1 Å². The van der Waals surface area contributed by atoms with Crippen LogP contribution < -0.4 is 11.5 Å². The average molecular weight is 180 g/mol. The molecule has 0 aromatic rings. The molecule has 0 saturated heterocycles. The molecule has 12 heavy (non-hydrogen) atoms. The fourth-order valence-corrected chi connectivity index (χ4v) is 0.734. The Morgan fingerprint density at radius 2 is 1.00 bits per heavy atom. The number of aliphatic hydroxyl groups excluding tert-OH is 4. The Bertz CT molecular complexity index is 110. The number of nitrogens with two attached hydrogens (primary N) is 2. The smallest absolute Gasteiger partial charge is 0.110 e. The van der Waals surface area contributed by atoms with Crippen molar-refractivity contribution in [1.29, 1.82) is 0 Å². The van der Waals surface area contributed by atoms with Crippen molar-refractivity contribution in [3.05, 3.63) is 0 Å². The van der Waals surface area contributed by atoms with Crippen LogP contribution in [0.15, 0.2) is 0 Å². The molecule has 0 fully saturated rings. The van der Waals surface area contributed by atoms with E-state index in [2.05, 4.69) is 0 Å². The molecule has 0 aliphatic rings. The van der Waals surface area contributed by atoms with Gasteiger partial charge in [-0.3, -0.25) is 0 Å². The van der Waals surface area contributed by atoms with Crippen molar-refractivity contribution in [3.63, 3.8) is 0 Å². The Morgan fingerprint density at radius 1 is 0.750 bits per heavy atom. The Labute approximate surface area is 70.4 Å². The van der Waals surface area contributed by atoms with Crippen LogP contribution >= 0.6 is 0 Å². The fourth-order valence-electron chi connectivity index (χ4n) is 0.734. The van der Waals surface area contributed by atoms with E-state index in [-0.39, 0.29) is 13.1 Å². The first-order valence-corrected chi connectivity index (χ1v) is 3.67. The zero-order valence-electron chi connectivity index (χ0n) is 6.67. The molecule has 4 atom stereocenters. The summed E-state index contributed by atoms with van der Waals surface area (Å²) in [6.07, 6.45) is -5.43. The highest BCUT2D eigenvalue weighted by atomic mass is 16.4. The van der Waals surface area contributed by atoms with Crippen molar-refractivity contribution in [2.45, 2.75) is 24.4 Å². The molecule has 8 N–H and O–H groups in total.